The molecule has 5 nitrogen and oxygen atoms in total. The van der Waals surface area contributed by atoms with Gasteiger partial charge >= 0.3 is 5.69 Å². The SMILES string of the molecule is Cc1cccc([N+](=O)[O-])c1Oc1cccc(F)c1[C@H](C)O. The summed E-state index contributed by atoms with van der Waals surface area (Å²) in [6.07, 6.45) is -1.09. The van der Waals surface area contributed by atoms with Crippen molar-refractivity contribution in [2.24, 2.45) is 0 Å². The summed E-state index contributed by atoms with van der Waals surface area (Å²) in [7, 11) is 0. The molecule has 110 valence electrons. The average Bonchev–Trinajstić information content (AvgIpc) is 2.40. The number of halogens is 1. The summed E-state index contributed by atoms with van der Waals surface area (Å²) < 4.78 is 19.3. The van der Waals surface area contributed by atoms with Gasteiger partial charge in [-0.2, -0.15) is 0 Å². The van der Waals surface area contributed by atoms with Crippen LogP contribution in [-0.4, -0.2) is 10.0 Å². The van der Waals surface area contributed by atoms with Gasteiger partial charge in [0.05, 0.1) is 16.6 Å². The highest BCUT2D eigenvalue weighted by atomic mass is 19.1. The zero-order chi connectivity index (χ0) is 15.6. The summed E-state index contributed by atoms with van der Waals surface area (Å²) in [5, 5.41) is 20.7. The van der Waals surface area contributed by atoms with Crippen molar-refractivity contribution >= 4 is 5.69 Å². The van der Waals surface area contributed by atoms with Gasteiger partial charge in [-0.25, -0.2) is 4.39 Å². The smallest absolute Gasteiger partial charge is 0.311 e. The Morgan fingerprint density at radius 3 is 2.57 bits per heavy atom. The summed E-state index contributed by atoms with van der Waals surface area (Å²) in [4.78, 5) is 10.5. The lowest BCUT2D eigenvalue weighted by Crippen LogP contribution is -2.02. The molecule has 21 heavy (non-hydrogen) atoms. The fourth-order valence-electron chi connectivity index (χ4n) is 2.04. The number of hydrogen-bond donors (Lipinski definition) is 1. The molecule has 0 saturated heterocycles. The monoisotopic (exact) mass is 291 g/mol. The number of hydrogen-bond acceptors (Lipinski definition) is 4. The van der Waals surface area contributed by atoms with E-state index in [2.05, 4.69) is 0 Å². The summed E-state index contributed by atoms with van der Waals surface area (Å²) >= 11 is 0. The number of para-hydroxylation sites is 1. The second-order valence-corrected chi connectivity index (χ2v) is 4.61. The first kappa shape index (κ1) is 14.9. The van der Waals surface area contributed by atoms with Crippen molar-refractivity contribution in [2.45, 2.75) is 20.0 Å². The highest BCUT2D eigenvalue weighted by Crippen LogP contribution is 2.37. The van der Waals surface area contributed by atoms with Crippen LogP contribution in [0.15, 0.2) is 36.4 Å². The second-order valence-electron chi connectivity index (χ2n) is 4.61. The summed E-state index contributed by atoms with van der Waals surface area (Å²) in [6.45, 7) is 3.06. The van der Waals surface area contributed by atoms with Crippen LogP contribution in [0.2, 0.25) is 0 Å². The van der Waals surface area contributed by atoms with Crippen molar-refractivity contribution < 1.29 is 19.2 Å². The van der Waals surface area contributed by atoms with Crippen molar-refractivity contribution in [2.75, 3.05) is 0 Å². The first-order valence-electron chi connectivity index (χ1n) is 6.30. The van der Waals surface area contributed by atoms with E-state index in [0.29, 0.717) is 5.56 Å². The number of aliphatic hydroxyl groups excluding tert-OH is 1. The Labute approximate surface area is 120 Å². The van der Waals surface area contributed by atoms with Crippen molar-refractivity contribution in [3.8, 4) is 11.5 Å². The van der Waals surface area contributed by atoms with Crippen molar-refractivity contribution in [3.05, 3.63) is 63.5 Å². The number of aryl methyl sites for hydroxylation is 1. The molecule has 0 aromatic heterocycles. The van der Waals surface area contributed by atoms with Gasteiger partial charge in [0.15, 0.2) is 0 Å². The van der Waals surface area contributed by atoms with Crippen LogP contribution >= 0.6 is 0 Å². The third-order valence-corrected chi connectivity index (χ3v) is 3.03. The third-order valence-electron chi connectivity index (χ3n) is 3.03. The van der Waals surface area contributed by atoms with Crippen LogP contribution in [0.1, 0.15) is 24.2 Å². The molecule has 6 heteroatoms. The molecule has 0 unspecified atom stereocenters. The zero-order valence-corrected chi connectivity index (χ0v) is 11.5. The third kappa shape index (κ3) is 3.00. The Hall–Kier alpha value is -2.47. The molecular formula is C15H14FNO4. The van der Waals surface area contributed by atoms with E-state index in [-0.39, 0.29) is 22.7 Å². The predicted octanol–water partition coefficient (Wildman–Crippen LogP) is 3.89. The van der Waals surface area contributed by atoms with Crippen molar-refractivity contribution in [1.82, 2.24) is 0 Å². The molecule has 0 aliphatic heterocycles. The standard InChI is InChI=1S/C15H14FNO4/c1-9-5-3-7-12(17(19)20)15(9)21-13-8-4-6-11(16)14(13)10(2)18/h3-8,10,18H,1-2H3/t10-/m0/s1. The van der Waals surface area contributed by atoms with Gasteiger partial charge in [-0.3, -0.25) is 10.1 Å². The Morgan fingerprint density at radius 1 is 1.29 bits per heavy atom. The van der Waals surface area contributed by atoms with Gasteiger partial charge in [-0.1, -0.05) is 18.2 Å². The van der Waals surface area contributed by atoms with Gasteiger partial charge in [0.1, 0.15) is 11.6 Å². The molecule has 2 rings (SSSR count). The Bertz CT molecular complexity index is 685. The van der Waals surface area contributed by atoms with Gasteiger partial charge in [0.2, 0.25) is 5.75 Å². The van der Waals surface area contributed by atoms with Crippen LogP contribution in [0.5, 0.6) is 11.5 Å². The Morgan fingerprint density at radius 2 is 1.95 bits per heavy atom. The molecule has 0 aliphatic rings. The van der Waals surface area contributed by atoms with E-state index < -0.39 is 16.8 Å². The van der Waals surface area contributed by atoms with E-state index in [0.717, 1.165) is 0 Å². The Kier molecular flexibility index (Phi) is 4.18. The normalized spacial score (nSPS) is 12.0. The number of aliphatic hydroxyl groups is 1. The topological polar surface area (TPSA) is 72.6 Å². The molecule has 1 N–H and O–H groups in total. The van der Waals surface area contributed by atoms with E-state index >= 15 is 0 Å². The van der Waals surface area contributed by atoms with Crippen LogP contribution in [0, 0.1) is 22.9 Å². The van der Waals surface area contributed by atoms with Crippen LogP contribution < -0.4 is 4.74 Å². The lowest BCUT2D eigenvalue weighted by molar-refractivity contribution is -0.385. The van der Waals surface area contributed by atoms with Gasteiger partial charge in [-0.05, 0) is 31.5 Å². The van der Waals surface area contributed by atoms with E-state index in [1.54, 1.807) is 19.1 Å². The molecule has 2 aromatic carbocycles. The molecule has 0 heterocycles. The maximum Gasteiger partial charge on any atom is 0.311 e. The highest BCUT2D eigenvalue weighted by Gasteiger charge is 2.21. The largest absolute Gasteiger partial charge is 0.449 e. The first-order chi connectivity index (χ1) is 9.91. The minimum atomic E-state index is -1.09. The van der Waals surface area contributed by atoms with Crippen molar-refractivity contribution in [3.63, 3.8) is 0 Å². The van der Waals surface area contributed by atoms with Crippen LogP contribution in [0.25, 0.3) is 0 Å². The summed E-state index contributed by atoms with van der Waals surface area (Å²) in [5.41, 5.74) is 0.302. The molecule has 1 atom stereocenters. The lowest BCUT2D eigenvalue weighted by Gasteiger charge is -2.15. The molecule has 0 spiro atoms. The summed E-state index contributed by atoms with van der Waals surface area (Å²) in [6, 6.07) is 8.58. The fraction of sp³-hybridized carbons (Fsp3) is 0.200. The average molecular weight is 291 g/mol. The van der Waals surface area contributed by atoms with E-state index in [1.807, 2.05) is 0 Å². The highest BCUT2D eigenvalue weighted by molar-refractivity contribution is 5.54. The molecule has 2 aromatic rings. The van der Waals surface area contributed by atoms with Crippen LogP contribution in [0.4, 0.5) is 10.1 Å². The number of benzene rings is 2. The number of rotatable bonds is 4. The van der Waals surface area contributed by atoms with E-state index in [9.17, 15) is 19.6 Å². The molecular weight excluding hydrogens is 277 g/mol. The minimum Gasteiger partial charge on any atom is -0.449 e. The number of ether oxygens (including phenoxy) is 1. The number of nitrogens with zero attached hydrogens (tertiary/aromatic N) is 1. The quantitative estimate of drug-likeness (QED) is 0.685. The van der Waals surface area contributed by atoms with E-state index in [1.165, 1.54) is 31.2 Å². The van der Waals surface area contributed by atoms with Crippen molar-refractivity contribution in [1.29, 1.82) is 0 Å². The molecule has 0 aliphatic carbocycles. The number of nitro groups is 1. The maximum absolute atomic E-state index is 13.8. The fourth-order valence-corrected chi connectivity index (χ4v) is 2.04. The first-order valence-corrected chi connectivity index (χ1v) is 6.30. The Balaban J connectivity index is 2.54. The number of nitro benzene ring substituents is 1. The second kappa shape index (κ2) is 5.88. The molecule has 0 radical (unpaired) electrons. The van der Waals surface area contributed by atoms with E-state index in [4.69, 9.17) is 4.74 Å². The van der Waals surface area contributed by atoms with Gasteiger partial charge in [0, 0.05) is 6.07 Å². The van der Waals surface area contributed by atoms with Crippen LogP contribution in [-0.2, 0) is 0 Å². The lowest BCUT2D eigenvalue weighted by atomic mass is 10.1. The molecule has 0 saturated carbocycles. The molecule has 0 amide bonds. The molecule has 0 fully saturated rings. The zero-order valence-electron chi connectivity index (χ0n) is 11.5. The minimum absolute atomic E-state index is 0.0324. The van der Waals surface area contributed by atoms with Gasteiger partial charge < -0.3 is 9.84 Å². The van der Waals surface area contributed by atoms with Crippen LogP contribution in [0.3, 0.4) is 0 Å². The van der Waals surface area contributed by atoms with Gasteiger partial charge in [-0.15, -0.1) is 0 Å². The van der Waals surface area contributed by atoms with Gasteiger partial charge in [0.25, 0.3) is 0 Å². The summed E-state index contributed by atoms with van der Waals surface area (Å²) in [5.74, 6) is -0.531. The maximum atomic E-state index is 13.8. The predicted molar refractivity (Wildman–Crippen MR) is 74.9 cm³/mol. The molecule has 0 bridgehead atoms.